The number of likely N-dealkylation sites (N-methyl/N-ethyl adjacent to an activating group) is 1. The molecule has 0 saturated heterocycles. The largest absolute Gasteiger partial charge is 0.490 e. The van der Waals surface area contributed by atoms with E-state index >= 15 is 0 Å². The van der Waals surface area contributed by atoms with Gasteiger partial charge in [0, 0.05) is 19.5 Å². The maximum Gasteiger partial charge on any atom is 0.258 e. The lowest BCUT2D eigenvalue weighted by atomic mass is 9.99. The number of hydrogen-bond acceptors (Lipinski definition) is 3. The zero-order valence-corrected chi connectivity index (χ0v) is 17.1. The number of amides is 2. The van der Waals surface area contributed by atoms with Gasteiger partial charge in [-0.15, -0.1) is 0 Å². The number of rotatable bonds is 2. The van der Waals surface area contributed by atoms with Crippen LogP contribution in [-0.4, -0.2) is 41.9 Å². The van der Waals surface area contributed by atoms with Crippen molar-refractivity contribution in [3.05, 3.63) is 42.0 Å². The van der Waals surface area contributed by atoms with Gasteiger partial charge in [-0.2, -0.15) is 0 Å². The van der Waals surface area contributed by atoms with Gasteiger partial charge < -0.3 is 15.0 Å². The highest BCUT2D eigenvalue weighted by molar-refractivity contribution is 5.99. The van der Waals surface area contributed by atoms with E-state index in [1.165, 1.54) is 0 Å². The van der Waals surface area contributed by atoms with E-state index in [9.17, 15) is 9.59 Å². The van der Waals surface area contributed by atoms with E-state index in [4.69, 9.17) is 4.74 Å². The maximum atomic E-state index is 13.2. The normalized spacial score (nSPS) is 26.0. The first-order valence-corrected chi connectivity index (χ1v) is 9.83. The summed E-state index contributed by atoms with van der Waals surface area (Å²) in [5.41, 5.74) is 0.485. The lowest BCUT2D eigenvalue weighted by Crippen LogP contribution is -2.52. The first-order valence-electron chi connectivity index (χ1n) is 9.83. The van der Waals surface area contributed by atoms with Crippen LogP contribution in [0.15, 0.2) is 36.4 Å². The molecular weight excluding hydrogens is 340 g/mol. The zero-order valence-electron chi connectivity index (χ0n) is 17.1. The molecule has 3 atom stereocenters. The summed E-state index contributed by atoms with van der Waals surface area (Å²) in [6.07, 6.45) is 6.50. The number of hydrogen-bond donors (Lipinski definition) is 1. The smallest absolute Gasteiger partial charge is 0.258 e. The van der Waals surface area contributed by atoms with Crippen LogP contribution in [0.3, 0.4) is 0 Å². The third kappa shape index (κ3) is 5.34. The molecular formula is C22H32N2O3. The molecule has 0 saturated carbocycles. The Morgan fingerprint density at radius 3 is 2.52 bits per heavy atom. The molecule has 1 aliphatic heterocycles. The van der Waals surface area contributed by atoms with E-state index in [-0.39, 0.29) is 29.9 Å². The first kappa shape index (κ1) is 21.0. The second-order valence-electron chi connectivity index (χ2n) is 7.59. The van der Waals surface area contributed by atoms with Gasteiger partial charge in [0.15, 0.2) is 0 Å². The van der Waals surface area contributed by atoms with Crippen molar-refractivity contribution in [2.45, 2.75) is 65.1 Å². The van der Waals surface area contributed by atoms with Gasteiger partial charge in [-0.05, 0) is 37.8 Å². The molecule has 5 nitrogen and oxygen atoms in total. The average molecular weight is 373 g/mol. The molecule has 5 heteroatoms. The summed E-state index contributed by atoms with van der Waals surface area (Å²) in [5.74, 6) is 0.241. The molecule has 1 aliphatic rings. The third-order valence-electron chi connectivity index (χ3n) is 4.98. The quantitative estimate of drug-likeness (QED) is 0.804. The Kier molecular flexibility index (Phi) is 7.45. The Morgan fingerprint density at radius 1 is 1.19 bits per heavy atom. The molecule has 0 fully saturated rings. The maximum absolute atomic E-state index is 13.2. The predicted octanol–water partition coefficient (Wildman–Crippen LogP) is 3.80. The van der Waals surface area contributed by atoms with Gasteiger partial charge >= 0.3 is 0 Å². The molecule has 0 radical (unpaired) electrons. The van der Waals surface area contributed by atoms with Crippen LogP contribution in [0.1, 0.15) is 57.3 Å². The van der Waals surface area contributed by atoms with Gasteiger partial charge in [0.05, 0.1) is 11.7 Å². The number of carbonyl (C=O) groups excluding carboxylic acids is 2. The Bertz CT molecular complexity index is 684. The van der Waals surface area contributed by atoms with E-state index in [0.29, 0.717) is 11.3 Å². The number of benzene rings is 1. The molecule has 0 spiro atoms. The summed E-state index contributed by atoms with van der Waals surface area (Å²) in [6.45, 7) is 7.98. The van der Waals surface area contributed by atoms with Crippen molar-refractivity contribution in [1.29, 1.82) is 0 Å². The summed E-state index contributed by atoms with van der Waals surface area (Å²) in [4.78, 5) is 27.7. The van der Waals surface area contributed by atoms with Gasteiger partial charge in [0.25, 0.3) is 5.91 Å². The van der Waals surface area contributed by atoms with E-state index in [2.05, 4.69) is 24.4 Å². The highest BCUT2D eigenvalue weighted by Gasteiger charge is 2.32. The monoisotopic (exact) mass is 372 g/mol. The summed E-state index contributed by atoms with van der Waals surface area (Å²) in [7, 11) is 1.69. The van der Waals surface area contributed by atoms with Gasteiger partial charge in [-0.1, -0.05) is 45.1 Å². The minimum Gasteiger partial charge on any atom is -0.490 e. The highest BCUT2D eigenvalue weighted by atomic mass is 16.5. The minimum atomic E-state index is -0.538. The van der Waals surface area contributed by atoms with Crippen LogP contribution in [0, 0.1) is 5.92 Å². The van der Waals surface area contributed by atoms with Gasteiger partial charge in [-0.25, -0.2) is 0 Å². The van der Waals surface area contributed by atoms with Crippen LogP contribution in [0.4, 0.5) is 0 Å². The molecule has 1 N–H and O–H groups in total. The molecule has 2 rings (SSSR count). The summed E-state index contributed by atoms with van der Waals surface area (Å²) >= 11 is 0. The molecule has 1 aromatic rings. The molecule has 1 aromatic carbocycles. The second-order valence-corrected chi connectivity index (χ2v) is 7.59. The van der Waals surface area contributed by atoms with Crippen molar-refractivity contribution in [2.75, 3.05) is 7.05 Å². The van der Waals surface area contributed by atoms with Crippen molar-refractivity contribution < 1.29 is 14.3 Å². The second kappa shape index (κ2) is 9.58. The summed E-state index contributed by atoms with van der Waals surface area (Å²) < 4.78 is 6.04. The van der Waals surface area contributed by atoms with E-state index < -0.39 is 6.04 Å². The SMILES string of the molecule is CC[C@H]1C/C=C\C[C@@H](C)Oc2ccccc2C(=O)N(C)[C@@H](C(C)C)C(=O)N1. The molecule has 1 heterocycles. The van der Waals surface area contributed by atoms with Gasteiger partial charge in [-0.3, -0.25) is 9.59 Å². The highest BCUT2D eigenvalue weighted by Crippen LogP contribution is 2.24. The number of nitrogens with one attached hydrogen (secondary N) is 1. The number of para-hydroxylation sites is 1. The van der Waals surface area contributed by atoms with E-state index in [0.717, 1.165) is 19.3 Å². The van der Waals surface area contributed by atoms with Crippen molar-refractivity contribution in [3.8, 4) is 5.75 Å². The molecule has 0 aliphatic carbocycles. The molecule has 148 valence electrons. The minimum absolute atomic E-state index is 0.00749. The lowest BCUT2D eigenvalue weighted by molar-refractivity contribution is -0.127. The Morgan fingerprint density at radius 2 is 1.85 bits per heavy atom. The summed E-state index contributed by atoms with van der Waals surface area (Å²) in [5, 5.41) is 3.12. The van der Waals surface area contributed by atoms with Crippen LogP contribution in [0.25, 0.3) is 0 Å². The first-order chi connectivity index (χ1) is 12.8. The fraction of sp³-hybridized carbons (Fsp3) is 0.545. The van der Waals surface area contributed by atoms with Crippen molar-refractivity contribution in [3.63, 3.8) is 0 Å². The molecule has 0 aromatic heterocycles. The standard InChI is InChI=1S/C22H32N2O3/c1-6-17-12-8-7-11-16(4)27-19-14-10-9-13-18(19)22(26)24(5)20(15(2)3)21(25)23-17/h7-10,13-17,20H,6,11-12H2,1-5H3,(H,23,25)/b8-7-/t16-,17+,20+/m1/s1. The summed E-state index contributed by atoms with van der Waals surface area (Å²) in [6, 6.07) is 6.77. The van der Waals surface area contributed by atoms with Crippen LogP contribution in [0.5, 0.6) is 5.75 Å². The molecule has 0 unspecified atom stereocenters. The van der Waals surface area contributed by atoms with Crippen LogP contribution >= 0.6 is 0 Å². The fourth-order valence-corrected chi connectivity index (χ4v) is 3.42. The predicted molar refractivity (Wildman–Crippen MR) is 108 cm³/mol. The van der Waals surface area contributed by atoms with Gasteiger partial charge in [0.2, 0.25) is 5.91 Å². The Balaban J connectivity index is 2.43. The van der Waals surface area contributed by atoms with Crippen LogP contribution < -0.4 is 10.1 Å². The van der Waals surface area contributed by atoms with Gasteiger partial charge in [0.1, 0.15) is 11.8 Å². The average Bonchev–Trinajstić information content (AvgIpc) is 2.63. The van der Waals surface area contributed by atoms with Crippen molar-refractivity contribution >= 4 is 11.8 Å². The topological polar surface area (TPSA) is 58.6 Å². The molecule has 0 bridgehead atoms. The van der Waals surface area contributed by atoms with E-state index in [1.807, 2.05) is 39.0 Å². The Hall–Kier alpha value is -2.30. The number of ether oxygens (including phenoxy) is 1. The third-order valence-corrected chi connectivity index (χ3v) is 4.98. The zero-order chi connectivity index (χ0) is 20.0. The van der Waals surface area contributed by atoms with Crippen molar-refractivity contribution in [2.24, 2.45) is 5.92 Å². The Labute approximate surface area is 162 Å². The van der Waals surface area contributed by atoms with Crippen molar-refractivity contribution in [1.82, 2.24) is 10.2 Å². The van der Waals surface area contributed by atoms with E-state index in [1.54, 1.807) is 18.0 Å². The number of fused-ring (bicyclic) bond motifs is 1. The lowest BCUT2D eigenvalue weighted by Gasteiger charge is -2.32. The van der Waals surface area contributed by atoms with Crippen LogP contribution in [-0.2, 0) is 4.79 Å². The fourth-order valence-electron chi connectivity index (χ4n) is 3.42. The number of nitrogens with zero attached hydrogens (tertiary/aromatic N) is 1. The molecule has 27 heavy (non-hydrogen) atoms. The van der Waals surface area contributed by atoms with Crippen LogP contribution in [0.2, 0.25) is 0 Å². The number of carbonyl (C=O) groups is 2. The molecule has 2 amide bonds.